The van der Waals surface area contributed by atoms with Crippen LogP contribution in [0.25, 0.3) is 10.2 Å². The Balaban J connectivity index is 2.26. The maximum atomic E-state index is 12.0. The van der Waals surface area contributed by atoms with E-state index < -0.39 is 6.10 Å². The first-order chi connectivity index (χ1) is 9.00. The molecule has 102 valence electrons. The number of thiophene rings is 1. The van der Waals surface area contributed by atoms with Crippen LogP contribution in [0.3, 0.4) is 0 Å². The number of aromatic nitrogens is 2. The average molecular weight is 281 g/mol. The number of fused-ring (bicyclic) bond motifs is 1. The van der Waals surface area contributed by atoms with Crippen LogP contribution in [0.1, 0.15) is 28.6 Å². The monoisotopic (exact) mass is 281 g/mol. The summed E-state index contributed by atoms with van der Waals surface area (Å²) in [6.45, 7) is 3.80. The van der Waals surface area contributed by atoms with Gasteiger partial charge in [0, 0.05) is 6.54 Å². The molecule has 1 unspecified atom stereocenters. The van der Waals surface area contributed by atoms with E-state index in [0.717, 1.165) is 0 Å². The molecule has 19 heavy (non-hydrogen) atoms. The molecule has 0 bridgehead atoms. The molecule has 2 heterocycles. The summed E-state index contributed by atoms with van der Waals surface area (Å²) in [7, 11) is 0. The van der Waals surface area contributed by atoms with Crippen LogP contribution in [0.2, 0.25) is 0 Å². The van der Waals surface area contributed by atoms with E-state index in [9.17, 15) is 9.59 Å². The van der Waals surface area contributed by atoms with Crippen LogP contribution in [0, 0.1) is 6.92 Å². The number of aryl methyl sites for hydroxylation is 1. The molecule has 2 rings (SSSR count). The average Bonchev–Trinajstić information content (AvgIpc) is 2.67. The van der Waals surface area contributed by atoms with Crippen molar-refractivity contribution in [3.05, 3.63) is 27.1 Å². The minimum atomic E-state index is -0.451. The first kappa shape index (κ1) is 13.7. The molecule has 0 saturated heterocycles. The molecule has 1 atom stereocenters. The van der Waals surface area contributed by atoms with Crippen LogP contribution in [-0.4, -0.2) is 33.6 Å². The van der Waals surface area contributed by atoms with Gasteiger partial charge in [0.15, 0.2) is 0 Å². The smallest absolute Gasteiger partial charge is 0.261 e. The van der Waals surface area contributed by atoms with Gasteiger partial charge in [-0.25, -0.2) is 4.98 Å². The van der Waals surface area contributed by atoms with E-state index in [0.29, 0.717) is 33.6 Å². The Hall–Kier alpha value is -1.73. The molecule has 0 fully saturated rings. The summed E-state index contributed by atoms with van der Waals surface area (Å²) in [5, 5.41) is 12.3. The number of hydrogen-bond donors (Lipinski definition) is 3. The fraction of sp³-hybridized carbons (Fsp3) is 0.417. The normalized spacial score (nSPS) is 12.6. The summed E-state index contributed by atoms with van der Waals surface area (Å²) in [4.78, 5) is 31.3. The fourth-order valence-electron chi connectivity index (χ4n) is 1.77. The van der Waals surface area contributed by atoms with Gasteiger partial charge < -0.3 is 15.4 Å². The lowest BCUT2D eigenvalue weighted by Crippen LogP contribution is -2.26. The number of carbonyl (C=O) groups is 1. The van der Waals surface area contributed by atoms with Crippen LogP contribution in [0.15, 0.2) is 11.1 Å². The Kier molecular flexibility index (Phi) is 3.96. The zero-order valence-electron chi connectivity index (χ0n) is 10.7. The molecule has 0 aromatic carbocycles. The highest BCUT2D eigenvalue weighted by molar-refractivity contribution is 7.20. The third kappa shape index (κ3) is 2.82. The SMILES string of the molecule is Cc1c(C(=O)NCCC(C)O)sc2nc[nH]c(=O)c12. The van der Waals surface area contributed by atoms with E-state index in [1.807, 2.05) is 0 Å². The largest absolute Gasteiger partial charge is 0.393 e. The van der Waals surface area contributed by atoms with Crippen molar-refractivity contribution in [2.75, 3.05) is 6.54 Å². The van der Waals surface area contributed by atoms with Crippen molar-refractivity contribution in [3.8, 4) is 0 Å². The van der Waals surface area contributed by atoms with Crippen LogP contribution < -0.4 is 10.9 Å². The first-order valence-electron chi connectivity index (χ1n) is 5.93. The second kappa shape index (κ2) is 5.50. The maximum Gasteiger partial charge on any atom is 0.261 e. The number of amides is 1. The summed E-state index contributed by atoms with van der Waals surface area (Å²) >= 11 is 1.20. The molecular weight excluding hydrogens is 266 g/mol. The van der Waals surface area contributed by atoms with Crippen molar-refractivity contribution < 1.29 is 9.90 Å². The number of aliphatic hydroxyl groups excluding tert-OH is 1. The van der Waals surface area contributed by atoms with Gasteiger partial charge in [-0.2, -0.15) is 0 Å². The van der Waals surface area contributed by atoms with Crippen molar-refractivity contribution in [3.63, 3.8) is 0 Å². The Labute approximate surface area is 113 Å². The summed E-state index contributed by atoms with van der Waals surface area (Å²) in [5.41, 5.74) is 0.408. The Morgan fingerprint density at radius 3 is 3.00 bits per heavy atom. The number of aromatic amines is 1. The van der Waals surface area contributed by atoms with Gasteiger partial charge in [-0.1, -0.05) is 0 Å². The van der Waals surface area contributed by atoms with Gasteiger partial charge in [0.05, 0.1) is 22.7 Å². The Morgan fingerprint density at radius 2 is 2.37 bits per heavy atom. The van der Waals surface area contributed by atoms with E-state index in [1.165, 1.54) is 17.7 Å². The second-order valence-electron chi connectivity index (χ2n) is 4.36. The highest BCUT2D eigenvalue weighted by atomic mass is 32.1. The van der Waals surface area contributed by atoms with Crippen molar-refractivity contribution in [2.24, 2.45) is 0 Å². The molecule has 0 aliphatic carbocycles. The maximum absolute atomic E-state index is 12.0. The Bertz CT molecular complexity index is 660. The molecule has 0 aliphatic heterocycles. The summed E-state index contributed by atoms with van der Waals surface area (Å²) < 4.78 is 0. The summed E-state index contributed by atoms with van der Waals surface area (Å²) in [6, 6.07) is 0. The molecule has 0 saturated carbocycles. The van der Waals surface area contributed by atoms with Gasteiger partial charge in [-0.05, 0) is 25.8 Å². The van der Waals surface area contributed by atoms with Crippen LogP contribution in [-0.2, 0) is 0 Å². The summed E-state index contributed by atoms with van der Waals surface area (Å²) in [5.74, 6) is -0.236. The van der Waals surface area contributed by atoms with E-state index in [1.54, 1.807) is 13.8 Å². The van der Waals surface area contributed by atoms with Gasteiger partial charge in [-0.15, -0.1) is 11.3 Å². The minimum Gasteiger partial charge on any atom is -0.393 e. The van der Waals surface area contributed by atoms with Gasteiger partial charge in [0.2, 0.25) is 0 Å². The number of nitrogens with one attached hydrogen (secondary N) is 2. The zero-order valence-corrected chi connectivity index (χ0v) is 11.5. The Morgan fingerprint density at radius 1 is 1.63 bits per heavy atom. The number of aliphatic hydroxyl groups is 1. The first-order valence-corrected chi connectivity index (χ1v) is 6.75. The lowest BCUT2D eigenvalue weighted by atomic mass is 10.2. The van der Waals surface area contributed by atoms with E-state index in [4.69, 9.17) is 5.11 Å². The summed E-state index contributed by atoms with van der Waals surface area (Å²) in [6.07, 6.45) is 1.37. The number of H-pyrrole nitrogens is 1. The molecule has 2 aromatic rings. The second-order valence-corrected chi connectivity index (χ2v) is 5.36. The standard InChI is InChI=1S/C12H15N3O3S/c1-6(16)3-4-13-11(18)9-7(2)8-10(17)14-5-15-12(8)19-9/h5-6,16H,3-4H2,1-2H3,(H,13,18)(H,14,15,17). The predicted molar refractivity (Wildman–Crippen MR) is 73.6 cm³/mol. The van der Waals surface area contributed by atoms with Crippen molar-refractivity contribution in [1.29, 1.82) is 0 Å². The number of nitrogens with zero attached hydrogens (tertiary/aromatic N) is 1. The van der Waals surface area contributed by atoms with Crippen LogP contribution in [0.4, 0.5) is 0 Å². The zero-order chi connectivity index (χ0) is 14.0. The number of carbonyl (C=O) groups excluding carboxylic acids is 1. The molecule has 0 aliphatic rings. The van der Waals surface area contributed by atoms with Crippen LogP contribution in [0.5, 0.6) is 0 Å². The van der Waals surface area contributed by atoms with Gasteiger partial charge in [0.1, 0.15) is 4.83 Å². The van der Waals surface area contributed by atoms with Crippen molar-refractivity contribution in [1.82, 2.24) is 15.3 Å². The molecule has 2 aromatic heterocycles. The van der Waals surface area contributed by atoms with Gasteiger partial charge >= 0.3 is 0 Å². The molecule has 3 N–H and O–H groups in total. The van der Waals surface area contributed by atoms with E-state index in [2.05, 4.69) is 15.3 Å². The van der Waals surface area contributed by atoms with Gasteiger partial charge in [0.25, 0.3) is 11.5 Å². The highest BCUT2D eigenvalue weighted by Crippen LogP contribution is 2.26. The van der Waals surface area contributed by atoms with Gasteiger partial charge in [-0.3, -0.25) is 9.59 Å². The molecule has 7 heteroatoms. The fourth-order valence-corrected chi connectivity index (χ4v) is 2.84. The molecule has 0 radical (unpaired) electrons. The third-order valence-corrected chi connectivity index (χ3v) is 3.99. The number of hydrogen-bond acceptors (Lipinski definition) is 5. The minimum absolute atomic E-state index is 0.234. The molecule has 6 nitrogen and oxygen atoms in total. The third-order valence-electron chi connectivity index (χ3n) is 2.79. The molecule has 1 amide bonds. The quantitative estimate of drug-likeness (QED) is 0.772. The highest BCUT2D eigenvalue weighted by Gasteiger charge is 2.17. The van der Waals surface area contributed by atoms with E-state index in [-0.39, 0.29) is 11.5 Å². The predicted octanol–water partition coefficient (Wildman–Crippen LogP) is 0.794. The van der Waals surface area contributed by atoms with E-state index >= 15 is 0 Å². The topological polar surface area (TPSA) is 95.1 Å². The molecular formula is C12H15N3O3S. The lowest BCUT2D eigenvalue weighted by Gasteiger charge is -2.05. The van der Waals surface area contributed by atoms with Crippen molar-refractivity contribution in [2.45, 2.75) is 26.4 Å². The van der Waals surface area contributed by atoms with Crippen molar-refractivity contribution >= 4 is 27.5 Å². The number of rotatable bonds is 4. The lowest BCUT2D eigenvalue weighted by molar-refractivity contribution is 0.0949. The molecule has 0 spiro atoms. The van der Waals surface area contributed by atoms with Crippen LogP contribution >= 0.6 is 11.3 Å².